The topological polar surface area (TPSA) is 53.1 Å². The third kappa shape index (κ3) is 2.05. The van der Waals surface area contributed by atoms with E-state index in [2.05, 4.69) is 4.98 Å². The average Bonchev–Trinajstić information content (AvgIpc) is 2.80. The van der Waals surface area contributed by atoms with Crippen molar-refractivity contribution in [1.82, 2.24) is 4.98 Å². The number of aliphatic carboxylic acids is 1. The van der Waals surface area contributed by atoms with E-state index in [0.29, 0.717) is 22.2 Å². The molecule has 20 heavy (non-hydrogen) atoms. The van der Waals surface area contributed by atoms with Gasteiger partial charge in [0.05, 0.1) is 17.6 Å². The van der Waals surface area contributed by atoms with E-state index in [9.17, 15) is 9.18 Å². The molecule has 3 nitrogen and oxygen atoms in total. The van der Waals surface area contributed by atoms with E-state index in [-0.39, 0.29) is 12.2 Å². The molecule has 0 saturated carbocycles. The number of aromatic nitrogens is 1. The van der Waals surface area contributed by atoms with Gasteiger partial charge in [0.1, 0.15) is 5.82 Å². The number of carboxylic acids is 1. The number of H-pyrrole nitrogens is 1. The molecule has 0 aliphatic heterocycles. The lowest BCUT2D eigenvalue weighted by Crippen LogP contribution is -2.00. The van der Waals surface area contributed by atoms with E-state index in [1.165, 1.54) is 6.07 Å². The van der Waals surface area contributed by atoms with Crippen molar-refractivity contribution in [3.05, 3.63) is 59.9 Å². The molecule has 4 heteroatoms. The van der Waals surface area contributed by atoms with Crippen LogP contribution >= 0.6 is 0 Å². The number of rotatable bonds is 3. The van der Waals surface area contributed by atoms with Crippen LogP contribution in [0.4, 0.5) is 4.39 Å². The Morgan fingerprint density at radius 1 is 1.10 bits per heavy atom. The van der Waals surface area contributed by atoms with Crippen LogP contribution in [0.2, 0.25) is 0 Å². The van der Waals surface area contributed by atoms with E-state index >= 15 is 0 Å². The number of carboxylic acid groups (broad SMARTS) is 1. The minimum absolute atomic E-state index is 0.145. The molecule has 0 amide bonds. The molecule has 1 heterocycles. The average molecular weight is 269 g/mol. The molecular formula is C16H12FNO2. The van der Waals surface area contributed by atoms with Gasteiger partial charge in [-0.1, -0.05) is 42.5 Å². The van der Waals surface area contributed by atoms with E-state index < -0.39 is 5.97 Å². The normalized spacial score (nSPS) is 10.8. The summed E-state index contributed by atoms with van der Waals surface area (Å²) in [5.41, 5.74) is 2.47. The van der Waals surface area contributed by atoms with Crippen LogP contribution in [0.15, 0.2) is 48.5 Å². The van der Waals surface area contributed by atoms with Crippen LogP contribution in [0, 0.1) is 5.82 Å². The van der Waals surface area contributed by atoms with Gasteiger partial charge in [-0.3, -0.25) is 4.79 Å². The van der Waals surface area contributed by atoms with Gasteiger partial charge >= 0.3 is 5.97 Å². The van der Waals surface area contributed by atoms with E-state index in [0.717, 1.165) is 5.56 Å². The fourth-order valence-electron chi connectivity index (χ4n) is 2.42. The molecule has 0 bridgehead atoms. The first-order chi connectivity index (χ1) is 9.66. The fraction of sp³-hybridized carbons (Fsp3) is 0.0625. The van der Waals surface area contributed by atoms with Crippen LogP contribution in [0.25, 0.3) is 22.2 Å². The SMILES string of the molecule is O=C(O)Cc1c(-c2ccccc2)[nH]c2c(F)cccc12. The van der Waals surface area contributed by atoms with Gasteiger partial charge in [0.15, 0.2) is 0 Å². The van der Waals surface area contributed by atoms with Crippen molar-refractivity contribution < 1.29 is 14.3 Å². The number of hydrogen-bond donors (Lipinski definition) is 2. The molecule has 0 radical (unpaired) electrons. The summed E-state index contributed by atoms with van der Waals surface area (Å²) in [6.45, 7) is 0. The highest BCUT2D eigenvalue weighted by molar-refractivity contribution is 5.94. The molecule has 0 aliphatic rings. The summed E-state index contributed by atoms with van der Waals surface area (Å²) < 4.78 is 13.9. The lowest BCUT2D eigenvalue weighted by atomic mass is 10.0. The second-order valence-electron chi connectivity index (χ2n) is 4.58. The summed E-state index contributed by atoms with van der Waals surface area (Å²) >= 11 is 0. The zero-order chi connectivity index (χ0) is 14.1. The maximum absolute atomic E-state index is 13.9. The van der Waals surface area contributed by atoms with Crippen molar-refractivity contribution in [3.63, 3.8) is 0 Å². The Morgan fingerprint density at radius 3 is 2.55 bits per heavy atom. The highest BCUT2D eigenvalue weighted by Crippen LogP contribution is 2.31. The van der Waals surface area contributed by atoms with Crippen molar-refractivity contribution in [2.45, 2.75) is 6.42 Å². The Labute approximate surface area is 114 Å². The maximum Gasteiger partial charge on any atom is 0.307 e. The summed E-state index contributed by atoms with van der Waals surface area (Å²) in [7, 11) is 0. The van der Waals surface area contributed by atoms with Gasteiger partial charge in [0, 0.05) is 5.39 Å². The number of aromatic amines is 1. The minimum Gasteiger partial charge on any atom is -0.481 e. The third-order valence-electron chi connectivity index (χ3n) is 3.28. The molecule has 2 N–H and O–H groups in total. The Balaban J connectivity index is 2.30. The predicted molar refractivity (Wildman–Crippen MR) is 75.0 cm³/mol. The zero-order valence-electron chi connectivity index (χ0n) is 10.6. The van der Waals surface area contributed by atoms with Crippen molar-refractivity contribution in [2.24, 2.45) is 0 Å². The second kappa shape index (κ2) is 4.81. The maximum atomic E-state index is 13.9. The standard InChI is InChI=1S/C16H12FNO2/c17-13-8-4-7-11-12(9-14(19)20)15(18-16(11)13)10-5-2-1-3-6-10/h1-8,18H,9H2,(H,19,20). The molecule has 0 spiro atoms. The van der Waals surface area contributed by atoms with Gasteiger partial charge < -0.3 is 10.1 Å². The van der Waals surface area contributed by atoms with Gasteiger partial charge in [-0.15, -0.1) is 0 Å². The van der Waals surface area contributed by atoms with Crippen LogP contribution in [0.3, 0.4) is 0 Å². The highest BCUT2D eigenvalue weighted by atomic mass is 19.1. The Morgan fingerprint density at radius 2 is 1.85 bits per heavy atom. The monoisotopic (exact) mass is 269 g/mol. The summed E-state index contributed by atoms with van der Waals surface area (Å²) in [6.07, 6.45) is -0.145. The van der Waals surface area contributed by atoms with Gasteiger partial charge in [0.25, 0.3) is 0 Å². The molecule has 0 unspecified atom stereocenters. The molecule has 0 fully saturated rings. The summed E-state index contributed by atoms with van der Waals surface area (Å²) in [5.74, 6) is -1.32. The number of fused-ring (bicyclic) bond motifs is 1. The summed E-state index contributed by atoms with van der Waals surface area (Å²) in [6, 6.07) is 14.0. The molecule has 0 saturated heterocycles. The quantitative estimate of drug-likeness (QED) is 0.763. The first-order valence-corrected chi connectivity index (χ1v) is 6.23. The number of carbonyl (C=O) groups is 1. The lowest BCUT2D eigenvalue weighted by Gasteiger charge is -2.02. The number of para-hydroxylation sites is 1. The number of hydrogen-bond acceptors (Lipinski definition) is 1. The predicted octanol–water partition coefficient (Wildman–Crippen LogP) is 3.60. The Bertz CT molecular complexity index is 778. The molecule has 1 aromatic heterocycles. The van der Waals surface area contributed by atoms with Crippen LogP contribution in [0.5, 0.6) is 0 Å². The lowest BCUT2D eigenvalue weighted by molar-refractivity contribution is -0.136. The molecule has 0 atom stereocenters. The smallest absolute Gasteiger partial charge is 0.307 e. The van der Waals surface area contributed by atoms with E-state index in [1.807, 2.05) is 30.3 Å². The zero-order valence-corrected chi connectivity index (χ0v) is 10.6. The number of benzene rings is 2. The van der Waals surface area contributed by atoms with Crippen molar-refractivity contribution >= 4 is 16.9 Å². The van der Waals surface area contributed by atoms with Crippen LogP contribution in [-0.2, 0) is 11.2 Å². The molecular weight excluding hydrogens is 257 g/mol. The van der Waals surface area contributed by atoms with E-state index in [1.54, 1.807) is 12.1 Å². The summed E-state index contributed by atoms with van der Waals surface area (Å²) in [4.78, 5) is 14.1. The number of halogens is 1. The van der Waals surface area contributed by atoms with Gasteiger partial charge in [0.2, 0.25) is 0 Å². The molecule has 3 aromatic rings. The van der Waals surface area contributed by atoms with Crippen LogP contribution in [-0.4, -0.2) is 16.1 Å². The second-order valence-corrected chi connectivity index (χ2v) is 4.58. The van der Waals surface area contributed by atoms with Gasteiger partial charge in [-0.05, 0) is 17.2 Å². The van der Waals surface area contributed by atoms with Crippen molar-refractivity contribution in [1.29, 1.82) is 0 Å². The molecule has 100 valence electrons. The number of nitrogens with one attached hydrogen (secondary N) is 1. The Kier molecular flexibility index (Phi) is 2.99. The van der Waals surface area contributed by atoms with Crippen LogP contribution < -0.4 is 0 Å². The van der Waals surface area contributed by atoms with Gasteiger partial charge in [-0.25, -0.2) is 4.39 Å². The highest BCUT2D eigenvalue weighted by Gasteiger charge is 2.17. The minimum atomic E-state index is -0.938. The molecule has 2 aromatic carbocycles. The van der Waals surface area contributed by atoms with Gasteiger partial charge in [-0.2, -0.15) is 0 Å². The molecule has 0 aliphatic carbocycles. The largest absolute Gasteiger partial charge is 0.481 e. The molecule has 3 rings (SSSR count). The fourth-order valence-corrected chi connectivity index (χ4v) is 2.42. The van der Waals surface area contributed by atoms with Crippen LogP contribution in [0.1, 0.15) is 5.56 Å². The van der Waals surface area contributed by atoms with Crippen molar-refractivity contribution in [2.75, 3.05) is 0 Å². The van der Waals surface area contributed by atoms with E-state index in [4.69, 9.17) is 5.11 Å². The first kappa shape index (κ1) is 12.4. The summed E-state index contributed by atoms with van der Waals surface area (Å²) in [5, 5.41) is 9.69. The third-order valence-corrected chi connectivity index (χ3v) is 3.28. The Hall–Kier alpha value is -2.62. The van der Waals surface area contributed by atoms with Crippen molar-refractivity contribution in [3.8, 4) is 11.3 Å². The first-order valence-electron chi connectivity index (χ1n) is 6.23.